The number of pyridine rings is 1. The van der Waals surface area contributed by atoms with Crippen LogP contribution >= 0.6 is 23.2 Å². The Morgan fingerprint density at radius 3 is 2.59 bits per heavy atom. The van der Waals surface area contributed by atoms with Gasteiger partial charge in [-0.05, 0) is 18.2 Å². The summed E-state index contributed by atoms with van der Waals surface area (Å²) < 4.78 is 4.71. The van der Waals surface area contributed by atoms with Crippen LogP contribution in [-0.4, -0.2) is 49.1 Å². The molecule has 0 radical (unpaired) electrons. The molecule has 140 valence electrons. The van der Waals surface area contributed by atoms with Crippen molar-refractivity contribution >= 4 is 34.9 Å². The molecular formula is C19H18Cl2N4O2. The lowest BCUT2D eigenvalue weighted by molar-refractivity contribution is 0.0593. The fourth-order valence-electron chi connectivity index (χ4n) is 3.06. The molecule has 0 saturated carbocycles. The SMILES string of the molecule is COC(=O)c1nc(CN2CCN(c3ccccc3C#N)CC2)c(Cl)cc1Cl. The molecule has 2 aromatic rings. The average molecular weight is 405 g/mol. The van der Waals surface area contributed by atoms with Crippen LogP contribution in [0, 0.1) is 11.3 Å². The lowest BCUT2D eigenvalue weighted by Crippen LogP contribution is -2.46. The normalized spacial score (nSPS) is 14.7. The van der Waals surface area contributed by atoms with Crippen LogP contribution in [0.4, 0.5) is 5.69 Å². The number of ether oxygens (including phenoxy) is 1. The van der Waals surface area contributed by atoms with Crippen molar-refractivity contribution in [3.8, 4) is 6.07 Å². The first kappa shape index (κ1) is 19.4. The second-order valence-corrected chi connectivity index (χ2v) is 6.95. The third kappa shape index (κ3) is 4.33. The summed E-state index contributed by atoms with van der Waals surface area (Å²) >= 11 is 12.3. The topological polar surface area (TPSA) is 69.5 Å². The molecule has 0 spiro atoms. The molecule has 0 atom stereocenters. The highest BCUT2D eigenvalue weighted by molar-refractivity contribution is 6.36. The minimum atomic E-state index is -0.587. The van der Waals surface area contributed by atoms with Crippen LogP contribution in [0.5, 0.6) is 0 Å². The van der Waals surface area contributed by atoms with Crippen molar-refractivity contribution in [3.05, 3.63) is 57.3 Å². The van der Waals surface area contributed by atoms with Gasteiger partial charge in [0.1, 0.15) is 6.07 Å². The number of halogens is 2. The lowest BCUT2D eigenvalue weighted by atomic mass is 10.1. The van der Waals surface area contributed by atoms with Gasteiger partial charge in [-0.3, -0.25) is 4.90 Å². The first-order valence-electron chi connectivity index (χ1n) is 8.43. The Bertz CT molecular complexity index is 890. The highest BCUT2D eigenvalue weighted by Gasteiger charge is 2.22. The van der Waals surface area contributed by atoms with Crippen LogP contribution < -0.4 is 4.90 Å². The Morgan fingerprint density at radius 1 is 1.22 bits per heavy atom. The van der Waals surface area contributed by atoms with Crippen LogP contribution in [0.25, 0.3) is 0 Å². The molecule has 0 amide bonds. The van der Waals surface area contributed by atoms with E-state index in [4.69, 9.17) is 27.9 Å². The molecule has 3 rings (SSSR count). The summed E-state index contributed by atoms with van der Waals surface area (Å²) in [7, 11) is 1.28. The fourth-order valence-corrected chi connectivity index (χ4v) is 3.55. The van der Waals surface area contributed by atoms with Gasteiger partial charge in [-0.2, -0.15) is 5.26 Å². The number of anilines is 1. The van der Waals surface area contributed by atoms with Crippen LogP contribution in [0.3, 0.4) is 0 Å². The van der Waals surface area contributed by atoms with Crippen LogP contribution in [0.2, 0.25) is 10.0 Å². The van der Waals surface area contributed by atoms with Gasteiger partial charge in [-0.25, -0.2) is 9.78 Å². The minimum absolute atomic E-state index is 0.0696. The molecule has 0 unspecified atom stereocenters. The van der Waals surface area contributed by atoms with Gasteiger partial charge in [0, 0.05) is 32.7 Å². The van der Waals surface area contributed by atoms with Gasteiger partial charge < -0.3 is 9.64 Å². The third-order valence-corrected chi connectivity index (χ3v) is 5.11. The molecular weight excluding hydrogens is 387 g/mol. The van der Waals surface area contributed by atoms with E-state index in [2.05, 4.69) is 20.9 Å². The van der Waals surface area contributed by atoms with Gasteiger partial charge in [0.15, 0.2) is 5.69 Å². The second kappa shape index (κ2) is 8.57. The number of nitrogens with zero attached hydrogens (tertiary/aromatic N) is 4. The monoisotopic (exact) mass is 404 g/mol. The molecule has 1 aromatic carbocycles. The Kier molecular flexibility index (Phi) is 6.17. The maximum absolute atomic E-state index is 11.8. The van der Waals surface area contributed by atoms with E-state index in [9.17, 15) is 10.1 Å². The van der Waals surface area contributed by atoms with Crippen molar-refractivity contribution in [2.45, 2.75) is 6.54 Å². The van der Waals surface area contributed by atoms with E-state index in [1.54, 1.807) is 0 Å². The summed E-state index contributed by atoms with van der Waals surface area (Å²) in [6, 6.07) is 11.4. The summed E-state index contributed by atoms with van der Waals surface area (Å²) in [4.78, 5) is 20.5. The molecule has 2 heterocycles. The molecule has 0 aliphatic carbocycles. The first-order chi connectivity index (χ1) is 13.0. The number of carbonyl (C=O) groups excluding carboxylic acids is 1. The molecule has 8 heteroatoms. The molecule has 1 aliphatic heterocycles. The number of methoxy groups -OCH3 is 1. The lowest BCUT2D eigenvalue weighted by Gasteiger charge is -2.36. The summed E-state index contributed by atoms with van der Waals surface area (Å²) in [5.74, 6) is -0.587. The third-order valence-electron chi connectivity index (χ3n) is 4.49. The number of rotatable bonds is 4. The molecule has 1 saturated heterocycles. The van der Waals surface area contributed by atoms with E-state index in [-0.39, 0.29) is 10.7 Å². The van der Waals surface area contributed by atoms with Gasteiger partial charge >= 0.3 is 5.97 Å². The highest BCUT2D eigenvalue weighted by atomic mass is 35.5. The minimum Gasteiger partial charge on any atom is -0.464 e. The van der Waals surface area contributed by atoms with Crippen molar-refractivity contribution in [1.29, 1.82) is 5.26 Å². The molecule has 1 aliphatic rings. The number of esters is 1. The number of piperazine rings is 1. The maximum Gasteiger partial charge on any atom is 0.358 e. The molecule has 1 aromatic heterocycles. The van der Waals surface area contributed by atoms with Crippen molar-refractivity contribution in [3.63, 3.8) is 0 Å². The van der Waals surface area contributed by atoms with Crippen molar-refractivity contribution < 1.29 is 9.53 Å². The first-order valence-corrected chi connectivity index (χ1v) is 9.18. The van der Waals surface area contributed by atoms with Crippen molar-refractivity contribution in [1.82, 2.24) is 9.88 Å². The summed E-state index contributed by atoms with van der Waals surface area (Å²) in [5, 5.41) is 9.88. The van der Waals surface area contributed by atoms with E-state index in [1.165, 1.54) is 13.2 Å². The average Bonchev–Trinajstić information content (AvgIpc) is 2.70. The van der Waals surface area contributed by atoms with E-state index in [0.29, 0.717) is 22.8 Å². The Labute approximate surface area is 167 Å². The predicted octanol–water partition coefficient (Wildman–Crippen LogP) is 3.37. The Morgan fingerprint density at radius 2 is 1.93 bits per heavy atom. The number of para-hydroxylation sites is 1. The molecule has 6 nitrogen and oxygen atoms in total. The number of nitriles is 1. The number of hydrogen-bond donors (Lipinski definition) is 0. The van der Waals surface area contributed by atoms with Crippen LogP contribution in [-0.2, 0) is 11.3 Å². The van der Waals surface area contributed by atoms with E-state index >= 15 is 0 Å². The van der Waals surface area contributed by atoms with Gasteiger partial charge in [-0.1, -0.05) is 35.3 Å². The zero-order valence-corrected chi connectivity index (χ0v) is 16.3. The van der Waals surface area contributed by atoms with Gasteiger partial charge in [-0.15, -0.1) is 0 Å². The van der Waals surface area contributed by atoms with Gasteiger partial charge in [0.2, 0.25) is 0 Å². The van der Waals surface area contributed by atoms with E-state index < -0.39 is 5.97 Å². The largest absolute Gasteiger partial charge is 0.464 e. The molecule has 1 fully saturated rings. The quantitative estimate of drug-likeness (QED) is 0.727. The summed E-state index contributed by atoms with van der Waals surface area (Å²) in [6.45, 7) is 3.65. The van der Waals surface area contributed by atoms with E-state index in [0.717, 1.165) is 31.9 Å². The van der Waals surface area contributed by atoms with Gasteiger partial charge in [0.25, 0.3) is 0 Å². The van der Waals surface area contributed by atoms with Crippen molar-refractivity contribution in [2.75, 3.05) is 38.2 Å². The summed E-state index contributed by atoms with van der Waals surface area (Å²) in [6.07, 6.45) is 0. The fraction of sp³-hybridized carbons (Fsp3) is 0.316. The molecule has 27 heavy (non-hydrogen) atoms. The number of benzene rings is 1. The number of aromatic nitrogens is 1. The van der Waals surface area contributed by atoms with E-state index in [1.807, 2.05) is 24.3 Å². The summed E-state index contributed by atoms with van der Waals surface area (Å²) in [5.41, 5.74) is 2.29. The second-order valence-electron chi connectivity index (χ2n) is 6.13. The maximum atomic E-state index is 11.8. The molecule has 0 N–H and O–H groups in total. The van der Waals surface area contributed by atoms with Gasteiger partial charge in [0.05, 0.1) is 34.1 Å². The number of hydrogen-bond acceptors (Lipinski definition) is 6. The van der Waals surface area contributed by atoms with Crippen LogP contribution in [0.15, 0.2) is 30.3 Å². The standard InChI is InChI=1S/C19H18Cl2N4O2/c1-27-19(26)18-15(21)10-14(20)16(23-18)12-24-6-8-25(9-7-24)17-5-3-2-4-13(17)11-22/h2-5,10H,6-9,12H2,1H3. The van der Waals surface area contributed by atoms with Crippen molar-refractivity contribution in [2.24, 2.45) is 0 Å². The number of carbonyl (C=O) groups is 1. The predicted molar refractivity (Wildman–Crippen MR) is 104 cm³/mol. The highest BCUT2D eigenvalue weighted by Crippen LogP contribution is 2.25. The molecule has 0 bridgehead atoms. The van der Waals surface area contributed by atoms with Crippen LogP contribution in [0.1, 0.15) is 21.7 Å². The Hall–Kier alpha value is -2.33. The zero-order valence-electron chi connectivity index (χ0n) is 14.8. The smallest absolute Gasteiger partial charge is 0.358 e. The Balaban J connectivity index is 1.69. The zero-order chi connectivity index (χ0) is 19.4.